The molecule has 0 fully saturated rings. The summed E-state index contributed by atoms with van der Waals surface area (Å²) in [7, 11) is 0. The molecule has 2 rings (SSSR count). The minimum Gasteiger partial charge on any atom is -0.481 e. The number of H-pyrrole nitrogens is 1. The molecule has 0 unspecified atom stereocenters. The van der Waals surface area contributed by atoms with Gasteiger partial charge in [0.15, 0.2) is 0 Å². The van der Waals surface area contributed by atoms with Gasteiger partial charge in [-0.1, -0.05) is 0 Å². The average molecular weight is 207 g/mol. The summed E-state index contributed by atoms with van der Waals surface area (Å²) in [4.78, 5) is 28.2. The van der Waals surface area contributed by atoms with Crippen LogP contribution >= 0.6 is 0 Å². The first-order valence-corrected chi connectivity index (χ1v) is 4.43. The molecule has 0 saturated heterocycles. The van der Waals surface area contributed by atoms with Crippen LogP contribution in [0.25, 0.3) is 11.0 Å². The van der Waals surface area contributed by atoms with Gasteiger partial charge in [-0.15, -0.1) is 0 Å². The van der Waals surface area contributed by atoms with Crippen LogP contribution in [0.4, 0.5) is 0 Å². The van der Waals surface area contributed by atoms with Crippen molar-refractivity contribution in [3.8, 4) is 0 Å². The number of carboxylic acid groups (broad SMARTS) is 1. The Hall–Kier alpha value is -2.11. The Morgan fingerprint density at radius 3 is 3.13 bits per heavy atom. The summed E-state index contributed by atoms with van der Waals surface area (Å²) >= 11 is 0. The number of aryl methyl sites for hydroxylation is 1. The smallest absolute Gasteiger partial charge is 0.305 e. The van der Waals surface area contributed by atoms with E-state index in [1.54, 1.807) is 16.8 Å². The van der Waals surface area contributed by atoms with Gasteiger partial charge in [0.2, 0.25) is 0 Å². The summed E-state index contributed by atoms with van der Waals surface area (Å²) in [5.74, 6) is -0.873. The Labute approximate surface area is 84.2 Å². The number of carboxylic acids is 1. The molecule has 2 heterocycles. The Morgan fingerprint density at radius 2 is 2.40 bits per heavy atom. The number of aliphatic carboxylic acids is 1. The van der Waals surface area contributed by atoms with E-state index in [4.69, 9.17) is 5.11 Å². The highest BCUT2D eigenvalue weighted by Crippen LogP contribution is 2.08. The van der Waals surface area contributed by atoms with E-state index in [1.165, 1.54) is 6.33 Å². The lowest BCUT2D eigenvalue weighted by Gasteiger charge is -2.00. The molecule has 0 aliphatic carbocycles. The van der Waals surface area contributed by atoms with Gasteiger partial charge >= 0.3 is 5.97 Å². The minimum atomic E-state index is -0.873. The van der Waals surface area contributed by atoms with Crippen LogP contribution in [0.2, 0.25) is 0 Å². The van der Waals surface area contributed by atoms with Crippen molar-refractivity contribution < 1.29 is 9.90 Å². The largest absolute Gasteiger partial charge is 0.481 e. The van der Waals surface area contributed by atoms with Gasteiger partial charge in [0, 0.05) is 12.7 Å². The molecular formula is C9H9N3O3. The van der Waals surface area contributed by atoms with Crippen molar-refractivity contribution in [2.45, 2.75) is 13.0 Å². The normalized spacial score (nSPS) is 10.7. The van der Waals surface area contributed by atoms with Gasteiger partial charge in [0.05, 0.1) is 18.1 Å². The molecule has 15 heavy (non-hydrogen) atoms. The fraction of sp³-hybridized carbons (Fsp3) is 0.222. The maximum atomic E-state index is 11.3. The van der Waals surface area contributed by atoms with Crippen LogP contribution in [0.3, 0.4) is 0 Å². The molecule has 0 bridgehead atoms. The standard InChI is InChI=1S/C9H9N3O3/c13-7(14)2-4-12-3-1-6-8(12)10-5-11-9(6)15/h1,3,5H,2,4H2,(H,13,14)(H,10,11,15). The number of aromatic nitrogens is 3. The van der Waals surface area contributed by atoms with E-state index in [-0.39, 0.29) is 12.0 Å². The number of hydrogen-bond donors (Lipinski definition) is 2. The number of hydrogen-bond acceptors (Lipinski definition) is 3. The molecule has 0 aromatic carbocycles. The second-order valence-corrected chi connectivity index (χ2v) is 3.12. The molecule has 78 valence electrons. The van der Waals surface area contributed by atoms with Crippen molar-refractivity contribution in [3.63, 3.8) is 0 Å². The Balaban J connectivity index is 2.41. The molecule has 0 aliphatic rings. The monoisotopic (exact) mass is 207 g/mol. The highest BCUT2D eigenvalue weighted by molar-refractivity contribution is 5.74. The Morgan fingerprint density at radius 1 is 1.60 bits per heavy atom. The zero-order chi connectivity index (χ0) is 10.8. The number of nitrogens with one attached hydrogen (secondary N) is 1. The molecule has 0 aliphatic heterocycles. The summed E-state index contributed by atoms with van der Waals surface area (Å²) in [5, 5.41) is 9.01. The molecule has 6 heteroatoms. The topological polar surface area (TPSA) is 88.0 Å². The van der Waals surface area contributed by atoms with Gasteiger partial charge in [0.1, 0.15) is 5.65 Å². The van der Waals surface area contributed by atoms with Gasteiger partial charge in [-0.2, -0.15) is 0 Å². The van der Waals surface area contributed by atoms with Gasteiger partial charge in [-0.05, 0) is 6.07 Å². The summed E-state index contributed by atoms with van der Waals surface area (Å²) in [5.41, 5.74) is 0.300. The number of aromatic amines is 1. The lowest BCUT2D eigenvalue weighted by molar-refractivity contribution is -0.137. The summed E-state index contributed by atoms with van der Waals surface area (Å²) in [6, 6.07) is 1.63. The quantitative estimate of drug-likeness (QED) is 0.752. The molecule has 2 aromatic heterocycles. The van der Waals surface area contributed by atoms with Crippen LogP contribution in [0, 0.1) is 0 Å². The van der Waals surface area contributed by atoms with Crippen LogP contribution in [0.5, 0.6) is 0 Å². The molecule has 0 radical (unpaired) electrons. The molecule has 0 atom stereocenters. The Bertz CT molecular complexity index is 555. The fourth-order valence-corrected chi connectivity index (χ4v) is 1.41. The third-order valence-electron chi connectivity index (χ3n) is 2.13. The van der Waals surface area contributed by atoms with Crippen molar-refractivity contribution in [2.75, 3.05) is 0 Å². The zero-order valence-electron chi connectivity index (χ0n) is 7.80. The van der Waals surface area contributed by atoms with E-state index in [0.29, 0.717) is 17.6 Å². The second-order valence-electron chi connectivity index (χ2n) is 3.12. The van der Waals surface area contributed by atoms with Crippen LogP contribution in [-0.2, 0) is 11.3 Å². The predicted octanol–water partition coefficient (Wildman–Crippen LogP) is 0.199. The third kappa shape index (κ3) is 1.74. The summed E-state index contributed by atoms with van der Waals surface area (Å²) in [6.07, 6.45) is 2.98. The van der Waals surface area contributed by atoms with Crippen molar-refractivity contribution >= 4 is 17.0 Å². The molecule has 0 amide bonds. The van der Waals surface area contributed by atoms with Crippen LogP contribution in [-0.4, -0.2) is 25.6 Å². The van der Waals surface area contributed by atoms with E-state index in [2.05, 4.69) is 9.97 Å². The number of fused-ring (bicyclic) bond motifs is 1. The predicted molar refractivity (Wildman–Crippen MR) is 52.6 cm³/mol. The average Bonchev–Trinajstić information content (AvgIpc) is 2.59. The molecule has 2 N–H and O–H groups in total. The number of rotatable bonds is 3. The van der Waals surface area contributed by atoms with Gasteiger partial charge < -0.3 is 14.7 Å². The highest BCUT2D eigenvalue weighted by atomic mass is 16.4. The lowest BCUT2D eigenvalue weighted by Crippen LogP contribution is -2.08. The molecule has 0 spiro atoms. The van der Waals surface area contributed by atoms with Crippen molar-refractivity contribution in [1.82, 2.24) is 14.5 Å². The first kappa shape index (κ1) is 9.45. The van der Waals surface area contributed by atoms with E-state index in [0.717, 1.165) is 0 Å². The molecule has 2 aromatic rings. The van der Waals surface area contributed by atoms with Crippen molar-refractivity contribution in [3.05, 3.63) is 28.9 Å². The van der Waals surface area contributed by atoms with E-state index in [9.17, 15) is 9.59 Å². The SMILES string of the molecule is O=C(O)CCn1ccc2c(=O)[nH]cnc21. The lowest BCUT2D eigenvalue weighted by atomic mass is 10.4. The van der Waals surface area contributed by atoms with Crippen LogP contribution in [0.1, 0.15) is 6.42 Å². The first-order valence-electron chi connectivity index (χ1n) is 4.43. The van der Waals surface area contributed by atoms with Gasteiger partial charge in [0.25, 0.3) is 5.56 Å². The summed E-state index contributed by atoms with van der Waals surface area (Å²) < 4.78 is 1.65. The van der Waals surface area contributed by atoms with Crippen molar-refractivity contribution in [1.29, 1.82) is 0 Å². The molecule has 0 saturated carbocycles. The van der Waals surface area contributed by atoms with Crippen molar-refractivity contribution in [2.24, 2.45) is 0 Å². The maximum absolute atomic E-state index is 11.3. The van der Waals surface area contributed by atoms with E-state index in [1.807, 2.05) is 0 Å². The van der Waals surface area contributed by atoms with Gasteiger partial charge in [-0.25, -0.2) is 4.98 Å². The fourth-order valence-electron chi connectivity index (χ4n) is 1.41. The Kier molecular flexibility index (Phi) is 2.24. The second kappa shape index (κ2) is 3.56. The van der Waals surface area contributed by atoms with Crippen LogP contribution in [0.15, 0.2) is 23.4 Å². The number of nitrogens with zero attached hydrogens (tertiary/aromatic N) is 2. The first-order chi connectivity index (χ1) is 7.18. The molecular weight excluding hydrogens is 198 g/mol. The van der Waals surface area contributed by atoms with Gasteiger partial charge in [-0.3, -0.25) is 9.59 Å². The minimum absolute atomic E-state index is 0.0122. The number of carbonyl (C=O) groups is 1. The highest BCUT2D eigenvalue weighted by Gasteiger charge is 2.06. The maximum Gasteiger partial charge on any atom is 0.305 e. The summed E-state index contributed by atoms with van der Waals surface area (Å²) in [6.45, 7) is 0.315. The third-order valence-corrected chi connectivity index (χ3v) is 2.13. The zero-order valence-corrected chi connectivity index (χ0v) is 7.80. The van der Waals surface area contributed by atoms with E-state index < -0.39 is 5.97 Å². The molecule has 6 nitrogen and oxygen atoms in total. The van der Waals surface area contributed by atoms with Crippen LogP contribution < -0.4 is 5.56 Å². The van der Waals surface area contributed by atoms with E-state index >= 15 is 0 Å².